The highest BCUT2D eigenvalue weighted by Crippen LogP contribution is 2.01. The number of aryl methyl sites for hydroxylation is 2. The van der Waals surface area contributed by atoms with Crippen molar-refractivity contribution in [3.63, 3.8) is 0 Å². The second-order valence-electron chi connectivity index (χ2n) is 4.39. The third-order valence-corrected chi connectivity index (χ3v) is 2.49. The summed E-state index contributed by atoms with van der Waals surface area (Å²) in [7, 11) is 0. The van der Waals surface area contributed by atoms with E-state index in [2.05, 4.69) is 34.6 Å². The van der Waals surface area contributed by atoms with E-state index in [1.807, 2.05) is 6.92 Å². The zero-order valence-electron chi connectivity index (χ0n) is 10.0. The first-order chi connectivity index (χ1) is 7.20. The van der Waals surface area contributed by atoms with Crippen molar-refractivity contribution in [3.8, 4) is 0 Å². The number of aromatic amines is 1. The lowest BCUT2D eigenvalue weighted by Crippen LogP contribution is -2.18. The summed E-state index contributed by atoms with van der Waals surface area (Å²) in [4.78, 5) is 0. The average molecular weight is 210 g/mol. The monoisotopic (exact) mass is 210 g/mol. The second kappa shape index (κ2) is 6.56. The van der Waals surface area contributed by atoms with Crippen molar-refractivity contribution < 1.29 is 0 Å². The quantitative estimate of drug-likeness (QED) is 0.673. The van der Waals surface area contributed by atoms with E-state index in [1.165, 1.54) is 6.42 Å². The first kappa shape index (κ1) is 12.2. The molecule has 0 radical (unpaired) electrons. The van der Waals surface area contributed by atoms with E-state index < -0.39 is 0 Å². The van der Waals surface area contributed by atoms with Gasteiger partial charge in [0.15, 0.2) is 0 Å². The molecular formula is C11H22N4. The third-order valence-electron chi connectivity index (χ3n) is 2.49. The molecule has 1 heterocycles. The average Bonchev–Trinajstić information content (AvgIpc) is 2.57. The molecule has 0 saturated heterocycles. The molecule has 0 amide bonds. The molecular weight excluding hydrogens is 188 g/mol. The molecule has 0 aromatic carbocycles. The summed E-state index contributed by atoms with van der Waals surface area (Å²) in [5.74, 6) is 0.787. The number of H-pyrrole nitrogens is 1. The lowest BCUT2D eigenvalue weighted by molar-refractivity contribution is 0.531. The van der Waals surface area contributed by atoms with Gasteiger partial charge < -0.3 is 5.32 Å². The van der Waals surface area contributed by atoms with Crippen LogP contribution in [0.25, 0.3) is 0 Å². The van der Waals surface area contributed by atoms with E-state index in [1.54, 1.807) is 0 Å². The van der Waals surface area contributed by atoms with Crippen LogP contribution in [0.1, 0.15) is 38.1 Å². The van der Waals surface area contributed by atoms with Gasteiger partial charge in [0, 0.05) is 0 Å². The van der Waals surface area contributed by atoms with E-state index in [0.717, 1.165) is 43.2 Å². The van der Waals surface area contributed by atoms with Crippen molar-refractivity contribution in [2.75, 3.05) is 13.1 Å². The Hall–Kier alpha value is -0.900. The Morgan fingerprint density at radius 3 is 2.67 bits per heavy atom. The summed E-state index contributed by atoms with van der Waals surface area (Å²) >= 11 is 0. The first-order valence-corrected chi connectivity index (χ1v) is 5.77. The van der Waals surface area contributed by atoms with Crippen LogP contribution in [0.3, 0.4) is 0 Å². The maximum absolute atomic E-state index is 4.10. The minimum absolute atomic E-state index is 0.787. The molecule has 0 saturated carbocycles. The predicted molar refractivity (Wildman–Crippen MR) is 61.8 cm³/mol. The van der Waals surface area contributed by atoms with Crippen molar-refractivity contribution in [1.29, 1.82) is 0 Å². The van der Waals surface area contributed by atoms with Crippen molar-refractivity contribution in [3.05, 3.63) is 11.4 Å². The van der Waals surface area contributed by atoms with Gasteiger partial charge in [-0.05, 0) is 45.2 Å². The third kappa shape index (κ3) is 4.93. The molecule has 0 aliphatic carbocycles. The molecule has 2 N–H and O–H groups in total. The number of aromatic nitrogens is 3. The van der Waals surface area contributed by atoms with Crippen molar-refractivity contribution in [2.45, 2.75) is 40.0 Å². The number of nitrogens with one attached hydrogen (secondary N) is 2. The largest absolute Gasteiger partial charge is 0.317 e. The Kier molecular flexibility index (Phi) is 5.32. The summed E-state index contributed by atoms with van der Waals surface area (Å²) in [6.07, 6.45) is 3.39. The maximum atomic E-state index is 4.10. The maximum Gasteiger partial charge on any atom is 0.0854 e. The van der Waals surface area contributed by atoms with Crippen LogP contribution in [0.2, 0.25) is 0 Å². The van der Waals surface area contributed by atoms with Crippen LogP contribution in [0, 0.1) is 12.8 Å². The van der Waals surface area contributed by atoms with Gasteiger partial charge in [-0.25, -0.2) is 0 Å². The molecule has 4 heteroatoms. The molecule has 0 aliphatic heterocycles. The lowest BCUT2D eigenvalue weighted by atomic mass is 10.1. The van der Waals surface area contributed by atoms with Crippen LogP contribution in [0.5, 0.6) is 0 Å². The van der Waals surface area contributed by atoms with E-state index in [4.69, 9.17) is 0 Å². The Balaban J connectivity index is 2.00. The van der Waals surface area contributed by atoms with Gasteiger partial charge in [0.05, 0.1) is 11.4 Å². The van der Waals surface area contributed by atoms with E-state index >= 15 is 0 Å². The van der Waals surface area contributed by atoms with Crippen molar-refractivity contribution >= 4 is 0 Å². The number of hydrogen-bond donors (Lipinski definition) is 2. The summed E-state index contributed by atoms with van der Waals surface area (Å²) in [5, 5.41) is 14.2. The van der Waals surface area contributed by atoms with Gasteiger partial charge in [-0.1, -0.05) is 13.8 Å². The molecule has 1 rings (SSSR count). The van der Waals surface area contributed by atoms with Gasteiger partial charge in [-0.3, -0.25) is 0 Å². The highest BCUT2D eigenvalue weighted by atomic mass is 15.3. The topological polar surface area (TPSA) is 53.6 Å². The van der Waals surface area contributed by atoms with Crippen LogP contribution >= 0.6 is 0 Å². The number of hydrogen-bond acceptors (Lipinski definition) is 3. The molecule has 0 fully saturated rings. The van der Waals surface area contributed by atoms with Gasteiger partial charge >= 0.3 is 0 Å². The summed E-state index contributed by atoms with van der Waals surface area (Å²) < 4.78 is 0. The Bertz CT molecular complexity index is 267. The standard InChI is InChI=1S/C11H22N4/c1-9(2)6-8-12-7-4-5-11-10(3)13-15-14-11/h9,12H,4-8H2,1-3H3,(H,13,14,15). The fourth-order valence-corrected chi connectivity index (χ4v) is 1.44. The minimum Gasteiger partial charge on any atom is -0.317 e. The molecule has 4 nitrogen and oxygen atoms in total. The van der Waals surface area contributed by atoms with Gasteiger partial charge in [0.2, 0.25) is 0 Å². The molecule has 1 aromatic rings. The summed E-state index contributed by atoms with van der Waals surface area (Å²) in [6, 6.07) is 0. The second-order valence-corrected chi connectivity index (χ2v) is 4.39. The predicted octanol–water partition coefficient (Wildman–Crippen LogP) is 1.68. The minimum atomic E-state index is 0.787. The normalized spacial score (nSPS) is 11.2. The zero-order valence-corrected chi connectivity index (χ0v) is 10.0. The molecule has 0 atom stereocenters. The summed E-state index contributed by atoms with van der Waals surface area (Å²) in [6.45, 7) is 8.68. The first-order valence-electron chi connectivity index (χ1n) is 5.77. The van der Waals surface area contributed by atoms with Gasteiger partial charge in [-0.2, -0.15) is 15.4 Å². The Labute approximate surface area is 91.9 Å². The van der Waals surface area contributed by atoms with Gasteiger partial charge in [0.1, 0.15) is 0 Å². The zero-order chi connectivity index (χ0) is 11.1. The van der Waals surface area contributed by atoms with Gasteiger partial charge in [-0.15, -0.1) is 0 Å². The fraction of sp³-hybridized carbons (Fsp3) is 0.818. The molecule has 1 aromatic heterocycles. The molecule has 0 aliphatic rings. The molecule has 0 unspecified atom stereocenters. The Morgan fingerprint density at radius 1 is 1.27 bits per heavy atom. The SMILES string of the molecule is Cc1n[nH]nc1CCCNCCC(C)C. The highest BCUT2D eigenvalue weighted by molar-refractivity contribution is 5.05. The van der Waals surface area contributed by atoms with Crippen molar-refractivity contribution in [1.82, 2.24) is 20.7 Å². The highest BCUT2D eigenvalue weighted by Gasteiger charge is 2.01. The van der Waals surface area contributed by atoms with E-state index in [-0.39, 0.29) is 0 Å². The Morgan fingerprint density at radius 2 is 2.07 bits per heavy atom. The van der Waals surface area contributed by atoms with Crippen molar-refractivity contribution in [2.24, 2.45) is 5.92 Å². The molecule has 0 spiro atoms. The van der Waals surface area contributed by atoms with Crippen LogP contribution < -0.4 is 5.32 Å². The number of rotatable bonds is 7. The molecule has 86 valence electrons. The van der Waals surface area contributed by atoms with Crippen LogP contribution in [0.4, 0.5) is 0 Å². The smallest absolute Gasteiger partial charge is 0.0854 e. The molecule has 0 bridgehead atoms. The van der Waals surface area contributed by atoms with Gasteiger partial charge in [0.25, 0.3) is 0 Å². The van der Waals surface area contributed by atoms with Crippen LogP contribution in [-0.2, 0) is 6.42 Å². The van der Waals surface area contributed by atoms with E-state index in [9.17, 15) is 0 Å². The fourth-order valence-electron chi connectivity index (χ4n) is 1.44. The summed E-state index contributed by atoms with van der Waals surface area (Å²) in [5.41, 5.74) is 2.12. The van der Waals surface area contributed by atoms with Crippen LogP contribution in [-0.4, -0.2) is 28.5 Å². The molecule has 15 heavy (non-hydrogen) atoms. The lowest BCUT2D eigenvalue weighted by Gasteiger charge is -2.06. The van der Waals surface area contributed by atoms with Crippen LogP contribution in [0.15, 0.2) is 0 Å². The van der Waals surface area contributed by atoms with E-state index in [0.29, 0.717) is 0 Å². The number of nitrogens with zero attached hydrogens (tertiary/aromatic N) is 2.